The third-order valence-electron chi connectivity index (χ3n) is 3.72. The molecule has 2 aromatic heterocycles. The molecule has 0 fully saturated rings. The van der Waals surface area contributed by atoms with Gasteiger partial charge in [0.2, 0.25) is 0 Å². The highest BCUT2D eigenvalue weighted by atomic mass is 127. The third-order valence-corrected chi connectivity index (χ3v) is 4.51. The molecule has 28 heavy (non-hydrogen) atoms. The Morgan fingerprint density at radius 1 is 1.25 bits per heavy atom. The molecule has 0 unspecified atom stereocenters. The zero-order chi connectivity index (χ0) is 19.8. The van der Waals surface area contributed by atoms with Crippen molar-refractivity contribution in [2.24, 2.45) is 10.8 Å². The monoisotopic (exact) mass is 505 g/mol. The summed E-state index contributed by atoms with van der Waals surface area (Å²) in [4.78, 5) is 19.0. The van der Waals surface area contributed by atoms with Crippen LogP contribution in [0.15, 0.2) is 81.2 Å². The Kier molecular flexibility index (Phi) is 7.29. The van der Waals surface area contributed by atoms with E-state index in [1.165, 1.54) is 0 Å². The highest BCUT2D eigenvalue weighted by Gasteiger charge is 2.20. The summed E-state index contributed by atoms with van der Waals surface area (Å²) in [6.07, 6.45) is 17.9. The van der Waals surface area contributed by atoms with Gasteiger partial charge in [0.25, 0.3) is 0 Å². The second-order valence-electron chi connectivity index (χ2n) is 5.60. The molecule has 1 aliphatic rings. The molecule has 0 saturated carbocycles. The summed E-state index contributed by atoms with van der Waals surface area (Å²) >= 11 is 8.31. The molecule has 1 aliphatic heterocycles. The number of allylic oxidation sites excluding steroid dienone is 2. The lowest BCUT2D eigenvalue weighted by molar-refractivity contribution is 0.563. The van der Waals surface area contributed by atoms with Crippen molar-refractivity contribution in [1.82, 2.24) is 19.9 Å². The van der Waals surface area contributed by atoms with E-state index in [1.54, 1.807) is 31.0 Å². The number of nitrogens with one attached hydrogen (secondary N) is 1. The molecule has 142 valence electrons. The molecule has 2 aromatic rings. The highest BCUT2D eigenvalue weighted by Crippen LogP contribution is 2.27. The number of nitrogens with two attached hydrogens (primary N) is 1. The van der Waals surface area contributed by atoms with Gasteiger partial charge < -0.3 is 10.3 Å². The summed E-state index contributed by atoms with van der Waals surface area (Å²) in [6, 6.07) is 3.95. The summed E-state index contributed by atoms with van der Waals surface area (Å²) in [5.41, 5.74) is 5.18. The first kappa shape index (κ1) is 20.2. The molecule has 3 rings (SSSR count). The first-order chi connectivity index (χ1) is 13.7. The first-order valence-electron chi connectivity index (χ1n) is 8.26. The van der Waals surface area contributed by atoms with Crippen molar-refractivity contribution >= 4 is 51.9 Å². The van der Waals surface area contributed by atoms with E-state index in [4.69, 9.17) is 17.4 Å². The third kappa shape index (κ3) is 5.47. The number of anilines is 1. The van der Waals surface area contributed by atoms with E-state index in [0.717, 1.165) is 17.0 Å². The molecule has 3 N–H and O–H groups in total. The maximum absolute atomic E-state index is 6.22. The van der Waals surface area contributed by atoms with Gasteiger partial charge in [-0.25, -0.2) is 15.8 Å². The van der Waals surface area contributed by atoms with Gasteiger partial charge in [-0.1, -0.05) is 17.7 Å². The molecule has 0 atom stereocenters. The zero-order valence-electron chi connectivity index (χ0n) is 14.7. The van der Waals surface area contributed by atoms with E-state index < -0.39 is 0 Å². The van der Waals surface area contributed by atoms with Gasteiger partial charge in [-0.15, -0.1) is 0 Å². The summed E-state index contributed by atoms with van der Waals surface area (Å²) in [7, 11) is 0. The summed E-state index contributed by atoms with van der Waals surface area (Å²) < 4.78 is 0.664. The first-order valence-corrected chi connectivity index (χ1v) is 9.72. The molecule has 0 bridgehead atoms. The van der Waals surface area contributed by atoms with Gasteiger partial charge >= 0.3 is 0 Å². The highest BCUT2D eigenvalue weighted by molar-refractivity contribution is 14.1. The van der Waals surface area contributed by atoms with Crippen LogP contribution in [0.1, 0.15) is 11.3 Å². The average Bonchev–Trinajstić information content (AvgIpc) is 3.11. The van der Waals surface area contributed by atoms with Crippen LogP contribution in [-0.4, -0.2) is 25.7 Å². The fraction of sp³-hybridized carbons (Fsp3) is 0.0526. The second kappa shape index (κ2) is 10.1. The van der Waals surface area contributed by atoms with Crippen LogP contribution in [0, 0.1) is 0 Å². The summed E-state index contributed by atoms with van der Waals surface area (Å²) in [6.45, 7) is 0.683. The number of aromatic nitrogens is 3. The lowest BCUT2D eigenvalue weighted by Gasteiger charge is -2.17. The Bertz CT molecular complexity index is 946. The van der Waals surface area contributed by atoms with E-state index in [1.807, 2.05) is 47.5 Å². The van der Waals surface area contributed by atoms with Crippen LogP contribution < -0.4 is 11.3 Å². The number of rotatable bonds is 6. The Balaban J connectivity index is 1.71. The predicted octanol–water partition coefficient (Wildman–Crippen LogP) is 4.00. The van der Waals surface area contributed by atoms with Crippen LogP contribution in [0.4, 0.5) is 5.82 Å². The molecule has 3 heterocycles. The zero-order valence-corrected chi connectivity index (χ0v) is 17.6. The van der Waals surface area contributed by atoms with E-state index in [0.29, 0.717) is 21.1 Å². The van der Waals surface area contributed by atoms with Gasteiger partial charge in [-0.2, -0.15) is 0 Å². The lowest BCUT2D eigenvalue weighted by Crippen LogP contribution is -2.22. The number of aliphatic imine (C=N–C) groups is 1. The Hall–Kier alpha value is -2.56. The van der Waals surface area contributed by atoms with Gasteiger partial charge in [0.05, 0.1) is 21.1 Å². The molecule has 0 aliphatic carbocycles. The van der Waals surface area contributed by atoms with Crippen LogP contribution in [0.5, 0.6) is 0 Å². The van der Waals surface area contributed by atoms with Gasteiger partial charge in [-0.05, 0) is 58.5 Å². The minimum absolute atomic E-state index is 0.511. The van der Waals surface area contributed by atoms with Gasteiger partial charge in [-0.3, -0.25) is 9.97 Å². The molecular weight excluding hydrogens is 489 g/mol. The molecule has 9 heteroatoms. The van der Waals surface area contributed by atoms with Crippen LogP contribution in [0.3, 0.4) is 0 Å². The summed E-state index contributed by atoms with van der Waals surface area (Å²) in [5.74, 6) is 6.57. The van der Waals surface area contributed by atoms with Crippen molar-refractivity contribution < 1.29 is 0 Å². The number of nitrogen functional groups attached to an aromatic ring is 1. The van der Waals surface area contributed by atoms with Crippen molar-refractivity contribution in [3.63, 3.8) is 0 Å². The Morgan fingerprint density at radius 3 is 2.75 bits per heavy atom. The second-order valence-corrected chi connectivity index (χ2v) is 7.69. The van der Waals surface area contributed by atoms with Crippen molar-refractivity contribution in [1.29, 1.82) is 0 Å². The van der Waals surface area contributed by atoms with Gasteiger partial charge in [0.15, 0.2) is 5.82 Å². The maximum Gasteiger partial charge on any atom is 0.158 e. The summed E-state index contributed by atoms with van der Waals surface area (Å²) in [5, 5.41) is 0. The number of amidine groups is 1. The van der Waals surface area contributed by atoms with Crippen molar-refractivity contribution in [3.8, 4) is 0 Å². The molecule has 0 saturated heterocycles. The number of nitrogens with zero attached hydrogens (tertiary/aromatic N) is 5. The lowest BCUT2D eigenvalue weighted by atomic mass is 10.2. The number of hydrogen-bond acceptors (Lipinski definition) is 6. The van der Waals surface area contributed by atoms with Gasteiger partial charge in [0, 0.05) is 36.9 Å². The van der Waals surface area contributed by atoms with Crippen LogP contribution in [0.2, 0.25) is 0 Å². The standard InChI is InChI=1S/C19H17ClIN7/c20-18(21)16-6-10-28(13-14-4-8-23-9-5-14)19(16)24-7-2-1-3-15-11-26-17(27-22)12-25-15/h1-12H,13,22H2,(H,26,27)/b3-1+,7-2+,18-16-,24-19-. The number of halogens is 2. The molecule has 7 nitrogen and oxygen atoms in total. The molecule has 0 radical (unpaired) electrons. The number of hydrazine groups is 1. The molecular formula is C19H17ClIN7. The molecule has 0 aromatic carbocycles. The van der Waals surface area contributed by atoms with Crippen molar-refractivity contribution in [2.75, 3.05) is 5.43 Å². The quantitative estimate of drug-likeness (QED) is 0.267. The van der Waals surface area contributed by atoms with E-state index in [9.17, 15) is 0 Å². The van der Waals surface area contributed by atoms with E-state index >= 15 is 0 Å². The minimum Gasteiger partial charge on any atom is -0.328 e. The number of hydrogen-bond donors (Lipinski definition) is 2. The molecule has 0 spiro atoms. The number of pyridine rings is 1. The molecule has 0 amide bonds. The normalized spacial score (nSPS) is 17.2. The van der Waals surface area contributed by atoms with E-state index in [2.05, 4.69) is 48.0 Å². The fourth-order valence-corrected chi connectivity index (χ4v) is 2.95. The maximum atomic E-state index is 6.22. The fourth-order valence-electron chi connectivity index (χ4n) is 2.38. The Labute approximate surface area is 181 Å². The van der Waals surface area contributed by atoms with Crippen LogP contribution in [0.25, 0.3) is 6.08 Å². The minimum atomic E-state index is 0.511. The van der Waals surface area contributed by atoms with E-state index in [-0.39, 0.29) is 0 Å². The van der Waals surface area contributed by atoms with Crippen molar-refractivity contribution in [3.05, 3.63) is 87.4 Å². The largest absolute Gasteiger partial charge is 0.328 e. The smallest absolute Gasteiger partial charge is 0.158 e. The SMILES string of the molecule is NNc1cnc(/C=C/C=C/N=C2/C(=C(/Cl)I)C=CN2Cc2ccncc2)cn1. The average molecular weight is 506 g/mol. The van der Waals surface area contributed by atoms with Crippen LogP contribution in [-0.2, 0) is 6.54 Å². The van der Waals surface area contributed by atoms with Crippen LogP contribution >= 0.6 is 34.2 Å². The topological polar surface area (TPSA) is 92.3 Å². The van der Waals surface area contributed by atoms with Crippen molar-refractivity contribution in [2.45, 2.75) is 6.54 Å². The Morgan fingerprint density at radius 2 is 2.07 bits per heavy atom. The van der Waals surface area contributed by atoms with Gasteiger partial charge in [0.1, 0.15) is 5.84 Å². The predicted molar refractivity (Wildman–Crippen MR) is 121 cm³/mol.